The number of ether oxygens (including phenoxy) is 1. The van der Waals surface area contributed by atoms with E-state index in [4.69, 9.17) is 11.6 Å². The van der Waals surface area contributed by atoms with Gasteiger partial charge in [-0.2, -0.15) is 0 Å². The molecule has 1 heterocycles. The van der Waals surface area contributed by atoms with Crippen molar-refractivity contribution in [1.82, 2.24) is 9.29 Å². The number of halogens is 1. The number of benzene rings is 2. The van der Waals surface area contributed by atoms with Crippen LogP contribution in [0.3, 0.4) is 0 Å². The van der Waals surface area contributed by atoms with Crippen molar-refractivity contribution in [2.45, 2.75) is 18.4 Å². The summed E-state index contributed by atoms with van der Waals surface area (Å²) >= 11 is 6.01. The minimum atomic E-state index is -4.04. The maximum atomic E-state index is 12.5. The second kappa shape index (κ2) is 8.14. The number of amides is 2. The molecule has 10 heteroatoms. The molecule has 0 aliphatic carbocycles. The molecule has 156 valence electrons. The number of aromatic nitrogens is 1. The van der Waals surface area contributed by atoms with Gasteiger partial charge in [0.05, 0.1) is 12.0 Å². The highest BCUT2D eigenvalue weighted by atomic mass is 35.5. The second-order valence-electron chi connectivity index (χ2n) is 6.24. The number of aryl methyl sites for hydroxylation is 1. The summed E-state index contributed by atoms with van der Waals surface area (Å²) < 4.78 is 31.9. The number of carbonyl (C=O) groups is 2. The van der Waals surface area contributed by atoms with Crippen molar-refractivity contribution in [3.05, 3.63) is 59.2 Å². The quantitative estimate of drug-likeness (QED) is 0.629. The van der Waals surface area contributed by atoms with Gasteiger partial charge in [-0.1, -0.05) is 11.6 Å². The lowest BCUT2D eigenvalue weighted by atomic mass is 10.2. The number of fused-ring (bicyclic) bond motifs is 1. The fraction of sp³-hybridized carbons (Fsp3) is 0.158. The monoisotopic (exact) mass is 439 g/mol. The summed E-state index contributed by atoms with van der Waals surface area (Å²) in [5.74, 6) is -0.274. The van der Waals surface area contributed by atoms with Crippen LogP contribution in [0.15, 0.2) is 53.4 Å². The maximum absolute atomic E-state index is 12.5. The Morgan fingerprint density at radius 3 is 2.48 bits per heavy atom. The molecule has 29 heavy (non-hydrogen) atoms. The maximum Gasteiger partial charge on any atom is 0.420 e. The van der Waals surface area contributed by atoms with E-state index >= 15 is 0 Å². The van der Waals surface area contributed by atoms with Crippen molar-refractivity contribution in [2.24, 2.45) is 0 Å². The molecule has 0 fully saturated rings. The first-order valence-electron chi connectivity index (χ1n) is 8.45. The Bertz CT molecular complexity index is 1200. The first-order chi connectivity index (χ1) is 13.7. The molecule has 0 aliphatic rings. The van der Waals surface area contributed by atoms with Gasteiger partial charge in [0.15, 0.2) is 0 Å². The lowest BCUT2D eigenvalue weighted by molar-refractivity contribution is -0.116. The third kappa shape index (κ3) is 4.69. The van der Waals surface area contributed by atoms with Gasteiger partial charge in [0, 0.05) is 30.2 Å². The predicted molar refractivity (Wildman–Crippen MR) is 114 cm³/mol. The Morgan fingerprint density at radius 1 is 1.14 bits per heavy atom. The molecule has 0 saturated heterocycles. The van der Waals surface area contributed by atoms with Crippen LogP contribution in [-0.2, 0) is 26.1 Å². The number of hydrogen-bond acceptors (Lipinski definition) is 5. The van der Waals surface area contributed by atoms with Crippen LogP contribution in [0.4, 0.5) is 10.5 Å². The van der Waals surface area contributed by atoms with E-state index in [-0.39, 0.29) is 20.2 Å². The van der Waals surface area contributed by atoms with E-state index in [9.17, 15) is 18.0 Å². The summed E-state index contributed by atoms with van der Waals surface area (Å²) in [6, 6.07) is 12.8. The van der Waals surface area contributed by atoms with Gasteiger partial charge in [-0.05, 0) is 55.5 Å². The number of rotatable bonds is 5. The van der Waals surface area contributed by atoms with Crippen LogP contribution in [0.5, 0.6) is 0 Å². The van der Waals surface area contributed by atoms with Gasteiger partial charge in [-0.25, -0.2) is 17.9 Å². The van der Waals surface area contributed by atoms with Crippen LogP contribution in [-0.4, -0.2) is 32.1 Å². The zero-order valence-electron chi connectivity index (χ0n) is 15.6. The minimum Gasteiger partial charge on any atom is -0.452 e. The Morgan fingerprint density at radius 2 is 1.83 bits per heavy atom. The third-order valence-corrected chi connectivity index (χ3v) is 5.79. The van der Waals surface area contributed by atoms with E-state index in [2.05, 4.69) is 10.1 Å². The number of carbonyl (C=O) groups excluding carboxylic acids is 2. The molecule has 1 aromatic heterocycles. The molecule has 8 nitrogen and oxygen atoms in total. The molecule has 3 aromatic rings. The van der Waals surface area contributed by atoms with Crippen molar-refractivity contribution < 1.29 is 25.6 Å². The highest BCUT2D eigenvalue weighted by Crippen LogP contribution is 2.23. The van der Waals surface area contributed by atoms with Gasteiger partial charge in [-0.15, -0.1) is 0 Å². The fourth-order valence-electron chi connectivity index (χ4n) is 2.86. The summed E-state index contributed by atoms with van der Waals surface area (Å²) in [5.41, 5.74) is 2.22. The van der Waals surface area contributed by atoms with Crippen molar-refractivity contribution in [3.63, 3.8) is 0 Å². The lowest BCUT2D eigenvalue weighted by Gasteiger charge is -2.10. The number of nitrogens with zero attached hydrogens (tertiary/aromatic N) is 1. The van der Waals surface area contributed by atoms with E-state index in [0.717, 1.165) is 23.7 Å². The summed E-state index contributed by atoms with van der Waals surface area (Å²) in [6.45, 7) is 1.98. The molecule has 0 bridgehead atoms. The van der Waals surface area contributed by atoms with E-state index < -0.39 is 16.1 Å². The zero-order valence-corrected chi connectivity index (χ0v) is 17.2. The van der Waals surface area contributed by atoms with Gasteiger partial charge < -0.3 is 14.6 Å². The number of hydrogen-bond donors (Lipinski definition) is 2. The Labute approximate surface area is 175 Å². The summed E-state index contributed by atoms with van der Waals surface area (Å²) in [6.07, 6.45) is -1.09. The molecule has 2 N–H and O–H groups in total. The van der Waals surface area contributed by atoms with Gasteiger partial charge >= 0.3 is 6.09 Å². The second-order valence-corrected chi connectivity index (χ2v) is 8.36. The van der Waals surface area contributed by atoms with E-state index in [1.165, 1.54) is 24.3 Å². The van der Waals surface area contributed by atoms with Crippen molar-refractivity contribution >= 4 is 50.2 Å². The standard InChI is InChI=1S/C19H18ClN3O5S.2H2/c1-12-9-13-10-14(20)3-8-17(13)23(12)11-18(24)21-15-4-6-16(7-5-15)29(26,27)22-19(25)28-2;;/h3-10H,11H2,1-2H3,(H,21,24)(H,22,25);2*1H. The van der Waals surface area contributed by atoms with Crippen molar-refractivity contribution in [1.29, 1.82) is 0 Å². The predicted octanol–water partition coefficient (Wildman–Crippen LogP) is 3.78. The molecule has 2 amide bonds. The first kappa shape index (κ1) is 20.7. The molecular weight excluding hydrogens is 418 g/mol. The molecule has 0 aliphatic heterocycles. The topological polar surface area (TPSA) is 106 Å². The highest BCUT2D eigenvalue weighted by molar-refractivity contribution is 7.90. The van der Waals surface area contributed by atoms with Gasteiger partial charge in [0.25, 0.3) is 10.0 Å². The molecule has 0 unspecified atom stereocenters. The van der Waals surface area contributed by atoms with Crippen LogP contribution in [0.25, 0.3) is 10.9 Å². The highest BCUT2D eigenvalue weighted by Gasteiger charge is 2.18. The Hall–Kier alpha value is -3.04. The SMILES string of the molecule is COC(=O)NS(=O)(=O)c1ccc(NC(=O)Cn2c(C)cc3cc(Cl)ccc32)cc1.[HH].[HH]. The molecule has 0 saturated carbocycles. The molecule has 3 rings (SSSR count). The number of anilines is 1. The molecule has 0 radical (unpaired) electrons. The smallest absolute Gasteiger partial charge is 0.420 e. The Balaban J connectivity index is 0.00000240. The van der Waals surface area contributed by atoms with Crippen LogP contribution in [0.2, 0.25) is 5.02 Å². The van der Waals surface area contributed by atoms with Crippen molar-refractivity contribution in [3.8, 4) is 0 Å². The van der Waals surface area contributed by atoms with Crippen LogP contribution in [0.1, 0.15) is 8.55 Å². The minimum absolute atomic E-state index is 0. The van der Waals surface area contributed by atoms with Crippen LogP contribution in [0, 0.1) is 6.92 Å². The van der Waals surface area contributed by atoms with Gasteiger partial charge in [0.2, 0.25) is 5.91 Å². The largest absolute Gasteiger partial charge is 0.452 e. The number of methoxy groups -OCH3 is 1. The lowest BCUT2D eigenvalue weighted by Crippen LogP contribution is -2.30. The Kier molecular flexibility index (Phi) is 5.81. The van der Waals surface area contributed by atoms with E-state index in [0.29, 0.717) is 10.7 Å². The normalized spacial score (nSPS) is 11.3. The van der Waals surface area contributed by atoms with Gasteiger partial charge in [0.1, 0.15) is 6.54 Å². The van der Waals surface area contributed by atoms with Crippen LogP contribution < -0.4 is 10.0 Å². The van der Waals surface area contributed by atoms with Crippen molar-refractivity contribution in [2.75, 3.05) is 12.4 Å². The fourth-order valence-corrected chi connectivity index (χ4v) is 3.96. The summed E-state index contributed by atoms with van der Waals surface area (Å²) in [4.78, 5) is 23.4. The van der Waals surface area contributed by atoms with E-state index in [1.54, 1.807) is 10.8 Å². The van der Waals surface area contributed by atoms with E-state index in [1.807, 2.05) is 29.7 Å². The number of sulfonamides is 1. The summed E-state index contributed by atoms with van der Waals surface area (Å²) in [7, 11) is -2.98. The van der Waals surface area contributed by atoms with Gasteiger partial charge in [-0.3, -0.25) is 4.79 Å². The average molecular weight is 440 g/mol. The molecule has 0 spiro atoms. The zero-order chi connectivity index (χ0) is 21.2. The molecule has 0 atom stereocenters. The number of nitrogens with one attached hydrogen (secondary N) is 2. The summed E-state index contributed by atoms with van der Waals surface area (Å²) in [5, 5.41) is 4.28. The first-order valence-corrected chi connectivity index (χ1v) is 10.3. The molecular formula is C19H22ClN3O5S. The average Bonchev–Trinajstić information content (AvgIpc) is 2.96. The van der Waals surface area contributed by atoms with Crippen LogP contribution >= 0.6 is 11.6 Å². The third-order valence-electron chi connectivity index (χ3n) is 4.22. The molecule has 2 aromatic carbocycles.